The van der Waals surface area contributed by atoms with Gasteiger partial charge in [0, 0.05) is 11.3 Å². The summed E-state index contributed by atoms with van der Waals surface area (Å²) in [4.78, 5) is 7.96. The third-order valence-electron chi connectivity index (χ3n) is 1.92. The Morgan fingerprint density at radius 3 is 2.46 bits per heavy atom. The molecule has 0 bridgehead atoms. The normalized spacial score (nSPS) is 10.5. The van der Waals surface area contributed by atoms with E-state index in [4.69, 9.17) is 23.2 Å². The van der Waals surface area contributed by atoms with Crippen molar-refractivity contribution in [3.63, 3.8) is 0 Å². The molecule has 1 heterocycles. The summed E-state index contributed by atoms with van der Waals surface area (Å²) in [6.07, 6.45) is 3.17. The summed E-state index contributed by atoms with van der Waals surface area (Å²) in [5.74, 6) is 0. The van der Waals surface area contributed by atoms with Gasteiger partial charge in [-0.3, -0.25) is 0 Å². The molecule has 0 unspecified atom stereocenters. The molecule has 1 rings (SSSR count). The van der Waals surface area contributed by atoms with Gasteiger partial charge in [0.25, 0.3) is 0 Å². The molecule has 0 amide bonds. The van der Waals surface area contributed by atoms with Crippen LogP contribution >= 0.6 is 23.2 Å². The number of unbranched alkanes of at least 4 members (excludes halogenated alkanes) is 1. The lowest BCUT2D eigenvalue weighted by molar-refractivity contribution is 0.781. The molecule has 0 aliphatic carbocycles. The highest BCUT2D eigenvalue weighted by Crippen LogP contribution is 2.20. The third kappa shape index (κ3) is 2.82. The van der Waals surface area contributed by atoms with Crippen LogP contribution in [0.3, 0.4) is 0 Å². The molecular weight excluding hydrogens is 207 g/mol. The quantitative estimate of drug-likeness (QED) is 0.574. The first-order valence-electron chi connectivity index (χ1n) is 4.33. The zero-order chi connectivity index (χ0) is 9.84. The van der Waals surface area contributed by atoms with Crippen molar-refractivity contribution in [2.45, 2.75) is 33.1 Å². The molecule has 0 aliphatic heterocycles. The number of rotatable bonds is 3. The first-order chi connectivity index (χ1) is 6.15. The molecule has 1 aromatic rings. The molecule has 0 aromatic carbocycles. The lowest BCUT2D eigenvalue weighted by Crippen LogP contribution is -1.97. The molecule has 0 aliphatic rings. The van der Waals surface area contributed by atoms with Crippen molar-refractivity contribution in [2.24, 2.45) is 0 Å². The van der Waals surface area contributed by atoms with Crippen LogP contribution in [0, 0.1) is 6.92 Å². The van der Waals surface area contributed by atoms with E-state index in [9.17, 15) is 0 Å². The second-order valence-electron chi connectivity index (χ2n) is 2.95. The molecule has 0 saturated carbocycles. The van der Waals surface area contributed by atoms with E-state index >= 15 is 0 Å². The highest BCUT2D eigenvalue weighted by Gasteiger charge is 2.07. The standard InChI is InChI=1S/C9H12Cl2N2/c1-3-4-5-7-6(2)12-9(11)13-8(7)10/h3-5H2,1-2H3. The summed E-state index contributed by atoms with van der Waals surface area (Å²) < 4.78 is 0. The van der Waals surface area contributed by atoms with Crippen LogP contribution in [0.4, 0.5) is 0 Å². The fourth-order valence-electron chi connectivity index (χ4n) is 1.17. The highest BCUT2D eigenvalue weighted by atomic mass is 35.5. The maximum Gasteiger partial charge on any atom is 0.224 e. The summed E-state index contributed by atoms with van der Waals surface area (Å²) in [6, 6.07) is 0. The average molecular weight is 219 g/mol. The number of nitrogens with zero attached hydrogens (tertiary/aromatic N) is 2. The Bertz CT molecular complexity index is 277. The van der Waals surface area contributed by atoms with E-state index in [2.05, 4.69) is 16.9 Å². The van der Waals surface area contributed by atoms with Crippen molar-refractivity contribution >= 4 is 23.2 Å². The molecule has 13 heavy (non-hydrogen) atoms. The molecule has 2 nitrogen and oxygen atoms in total. The van der Waals surface area contributed by atoms with Gasteiger partial charge in [0.05, 0.1) is 0 Å². The Labute approximate surface area is 88.3 Å². The molecule has 1 aromatic heterocycles. The van der Waals surface area contributed by atoms with Gasteiger partial charge in [-0.05, 0) is 31.4 Å². The second kappa shape index (κ2) is 4.77. The van der Waals surface area contributed by atoms with Gasteiger partial charge < -0.3 is 0 Å². The largest absolute Gasteiger partial charge is 0.224 e. The van der Waals surface area contributed by atoms with E-state index in [1.54, 1.807) is 0 Å². The highest BCUT2D eigenvalue weighted by molar-refractivity contribution is 6.32. The van der Waals surface area contributed by atoms with Gasteiger partial charge in [0.1, 0.15) is 5.15 Å². The lowest BCUT2D eigenvalue weighted by Gasteiger charge is -2.05. The van der Waals surface area contributed by atoms with Gasteiger partial charge in [-0.1, -0.05) is 24.9 Å². The SMILES string of the molecule is CCCCc1c(C)nc(Cl)nc1Cl. The van der Waals surface area contributed by atoms with Gasteiger partial charge in [-0.25, -0.2) is 9.97 Å². The third-order valence-corrected chi connectivity index (χ3v) is 2.40. The van der Waals surface area contributed by atoms with Crippen LogP contribution in [0.5, 0.6) is 0 Å². The predicted octanol–water partition coefficient (Wildman–Crippen LogP) is 3.43. The lowest BCUT2D eigenvalue weighted by atomic mass is 10.1. The van der Waals surface area contributed by atoms with E-state index < -0.39 is 0 Å². The van der Waals surface area contributed by atoms with Crippen molar-refractivity contribution < 1.29 is 0 Å². The second-order valence-corrected chi connectivity index (χ2v) is 3.65. The van der Waals surface area contributed by atoms with E-state index in [0.29, 0.717) is 5.15 Å². The molecule has 72 valence electrons. The molecular formula is C9H12Cl2N2. The fourth-order valence-corrected chi connectivity index (χ4v) is 1.73. The molecule has 4 heteroatoms. The van der Waals surface area contributed by atoms with Crippen LogP contribution in [0.1, 0.15) is 31.0 Å². The van der Waals surface area contributed by atoms with Crippen LogP contribution in [0.2, 0.25) is 10.4 Å². The Morgan fingerprint density at radius 1 is 1.23 bits per heavy atom. The van der Waals surface area contributed by atoms with Crippen LogP contribution < -0.4 is 0 Å². The zero-order valence-electron chi connectivity index (χ0n) is 7.77. The van der Waals surface area contributed by atoms with Crippen molar-refractivity contribution in [1.29, 1.82) is 0 Å². The van der Waals surface area contributed by atoms with Crippen molar-refractivity contribution in [3.8, 4) is 0 Å². The molecule has 0 saturated heterocycles. The monoisotopic (exact) mass is 218 g/mol. The topological polar surface area (TPSA) is 25.8 Å². The molecule has 0 spiro atoms. The minimum atomic E-state index is 0.225. The number of aromatic nitrogens is 2. The summed E-state index contributed by atoms with van der Waals surface area (Å²) in [6.45, 7) is 4.05. The van der Waals surface area contributed by atoms with Gasteiger partial charge in [-0.15, -0.1) is 0 Å². The van der Waals surface area contributed by atoms with E-state index in [-0.39, 0.29) is 5.28 Å². The van der Waals surface area contributed by atoms with Gasteiger partial charge in [-0.2, -0.15) is 0 Å². The Balaban J connectivity index is 2.92. The number of aryl methyl sites for hydroxylation is 1. The smallest absolute Gasteiger partial charge is 0.223 e. The Hall–Kier alpha value is -0.340. The minimum absolute atomic E-state index is 0.225. The Kier molecular flexibility index (Phi) is 3.94. The maximum absolute atomic E-state index is 5.93. The molecule has 0 fully saturated rings. The number of hydrogen-bond acceptors (Lipinski definition) is 2. The van der Waals surface area contributed by atoms with Crippen LogP contribution in [0.15, 0.2) is 0 Å². The van der Waals surface area contributed by atoms with Crippen molar-refractivity contribution in [3.05, 3.63) is 21.7 Å². The van der Waals surface area contributed by atoms with Crippen LogP contribution in [-0.4, -0.2) is 9.97 Å². The van der Waals surface area contributed by atoms with Gasteiger partial charge in [0.2, 0.25) is 5.28 Å². The summed E-state index contributed by atoms with van der Waals surface area (Å²) in [5.41, 5.74) is 1.91. The zero-order valence-corrected chi connectivity index (χ0v) is 9.28. The van der Waals surface area contributed by atoms with E-state index in [0.717, 1.165) is 30.5 Å². The van der Waals surface area contributed by atoms with Gasteiger partial charge >= 0.3 is 0 Å². The maximum atomic E-state index is 5.93. The summed E-state index contributed by atoms with van der Waals surface area (Å²) in [5, 5.41) is 0.716. The van der Waals surface area contributed by atoms with Gasteiger partial charge in [0.15, 0.2) is 0 Å². The van der Waals surface area contributed by atoms with Crippen molar-refractivity contribution in [2.75, 3.05) is 0 Å². The first kappa shape index (κ1) is 10.7. The van der Waals surface area contributed by atoms with Crippen LogP contribution in [-0.2, 0) is 6.42 Å². The number of halogens is 2. The minimum Gasteiger partial charge on any atom is -0.223 e. The number of hydrogen-bond donors (Lipinski definition) is 0. The Morgan fingerprint density at radius 2 is 1.92 bits per heavy atom. The van der Waals surface area contributed by atoms with E-state index in [1.807, 2.05) is 6.92 Å². The van der Waals surface area contributed by atoms with E-state index in [1.165, 1.54) is 0 Å². The summed E-state index contributed by atoms with van der Waals surface area (Å²) in [7, 11) is 0. The predicted molar refractivity (Wildman–Crippen MR) is 55.4 cm³/mol. The average Bonchev–Trinajstić information content (AvgIpc) is 2.02. The van der Waals surface area contributed by atoms with Crippen LogP contribution in [0.25, 0.3) is 0 Å². The fraction of sp³-hybridized carbons (Fsp3) is 0.556. The molecule has 0 radical (unpaired) electrons. The molecule has 0 N–H and O–H groups in total. The first-order valence-corrected chi connectivity index (χ1v) is 5.09. The molecule has 0 atom stereocenters. The van der Waals surface area contributed by atoms with Crippen molar-refractivity contribution in [1.82, 2.24) is 9.97 Å². The summed E-state index contributed by atoms with van der Waals surface area (Å²) >= 11 is 11.6.